The maximum Gasteiger partial charge on any atom is 0.338 e. The van der Waals surface area contributed by atoms with Gasteiger partial charge in [0, 0.05) is 10.4 Å². The third-order valence-electron chi connectivity index (χ3n) is 2.96. The monoisotopic (exact) mass is 289 g/mol. The Morgan fingerprint density at radius 3 is 2.60 bits per heavy atom. The first kappa shape index (κ1) is 14.3. The standard InChI is InChI=1S/C15H15NO3S/c1-3-10-6-4-5-7-11(10)13(17)16-14-12(15(18)19)8-9(2)20-14/h4-8H,3H2,1-2H3,(H,16,17)(H,18,19). The summed E-state index contributed by atoms with van der Waals surface area (Å²) in [5.41, 5.74) is 1.65. The lowest BCUT2D eigenvalue weighted by atomic mass is 10.0. The van der Waals surface area contributed by atoms with E-state index in [9.17, 15) is 9.59 Å². The van der Waals surface area contributed by atoms with Crippen molar-refractivity contribution >= 4 is 28.2 Å². The SMILES string of the molecule is CCc1ccccc1C(=O)Nc1sc(C)cc1C(=O)O. The summed E-state index contributed by atoms with van der Waals surface area (Å²) >= 11 is 1.27. The van der Waals surface area contributed by atoms with Gasteiger partial charge in [0.2, 0.25) is 0 Å². The molecule has 0 spiro atoms. The number of aryl methyl sites for hydroxylation is 2. The fraction of sp³-hybridized carbons (Fsp3) is 0.200. The molecule has 0 saturated heterocycles. The Bertz CT molecular complexity index is 661. The largest absolute Gasteiger partial charge is 0.478 e. The van der Waals surface area contributed by atoms with E-state index in [1.54, 1.807) is 18.2 Å². The second-order valence-electron chi connectivity index (χ2n) is 4.37. The van der Waals surface area contributed by atoms with Gasteiger partial charge in [-0.15, -0.1) is 11.3 Å². The zero-order valence-electron chi connectivity index (χ0n) is 11.3. The molecule has 1 heterocycles. The van der Waals surface area contributed by atoms with Gasteiger partial charge in [-0.1, -0.05) is 25.1 Å². The van der Waals surface area contributed by atoms with Crippen LogP contribution in [0.15, 0.2) is 30.3 Å². The van der Waals surface area contributed by atoms with Gasteiger partial charge < -0.3 is 10.4 Å². The smallest absolute Gasteiger partial charge is 0.338 e. The molecule has 0 fully saturated rings. The highest BCUT2D eigenvalue weighted by Crippen LogP contribution is 2.28. The maximum absolute atomic E-state index is 12.3. The molecule has 0 bridgehead atoms. The van der Waals surface area contributed by atoms with Crippen molar-refractivity contribution in [1.29, 1.82) is 0 Å². The second kappa shape index (κ2) is 5.88. The van der Waals surface area contributed by atoms with E-state index in [0.29, 0.717) is 10.6 Å². The first-order valence-electron chi connectivity index (χ1n) is 6.26. The molecule has 0 aliphatic carbocycles. The minimum atomic E-state index is -1.03. The summed E-state index contributed by atoms with van der Waals surface area (Å²) in [5.74, 6) is -1.31. The van der Waals surface area contributed by atoms with Crippen LogP contribution in [0.4, 0.5) is 5.00 Å². The van der Waals surface area contributed by atoms with Crippen molar-refractivity contribution in [2.75, 3.05) is 5.32 Å². The highest BCUT2D eigenvalue weighted by Gasteiger charge is 2.17. The Hall–Kier alpha value is -2.14. The second-order valence-corrected chi connectivity index (χ2v) is 5.63. The van der Waals surface area contributed by atoms with Crippen LogP contribution in [-0.4, -0.2) is 17.0 Å². The molecular weight excluding hydrogens is 274 g/mol. The Labute approximate surface area is 121 Å². The van der Waals surface area contributed by atoms with Crippen LogP contribution in [-0.2, 0) is 6.42 Å². The van der Waals surface area contributed by atoms with Crippen molar-refractivity contribution in [2.45, 2.75) is 20.3 Å². The van der Waals surface area contributed by atoms with Gasteiger partial charge in [-0.3, -0.25) is 4.79 Å². The number of carboxylic acids is 1. The number of carbonyl (C=O) groups excluding carboxylic acids is 1. The van der Waals surface area contributed by atoms with Crippen LogP contribution in [0.1, 0.15) is 38.1 Å². The summed E-state index contributed by atoms with van der Waals surface area (Å²) in [6.07, 6.45) is 0.749. The summed E-state index contributed by atoms with van der Waals surface area (Å²) in [6.45, 7) is 3.79. The predicted molar refractivity (Wildman–Crippen MR) is 79.8 cm³/mol. The van der Waals surface area contributed by atoms with Crippen LogP contribution in [0.2, 0.25) is 0 Å². The molecule has 0 aliphatic rings. The van der Waals surface area contributed by atoms with E-state index < -0.39 is 5.97 Å². The summed E-state index contributed by atoms with van der Waals surface area (Å²) in [4.78, 5) is 24.3. The molecule has 0 saturated carbocycles. The van der Waals surface area contributed by atoms with E-state index in [1.807, 2.05) is 26.0 Å². The van der Waals surface area contributed by atoms with Gasteiger partial charge in [0.15, 0.2) is 0 Å². The number of hydrogen-bond donors (Lipinski definition) is 2. The van der Waals surface area contributed by atoms with Crippen molar-refractivity contribution in [3.63, 3.8) is 0 Å². The van der Waals surface area contributed by atoms with E-state index in [-0.39, 0.29) is 11.5 Å². The Kier molecular flexibility index (Phi) is 4.20. The number of anilines is 1. The summed E-state index contributed by atoms with van der Waals surface area (Å²) in [5, 5.41) is 12.2. The maximum atomic E-state index is 12.3. The molecule has 2 aromatic rings. The first-order chi connectivity index (χ1) is 9.52. The van der Waals surface area contributed by atoms with Gasteiger partial charge in [0.25, 0.3) is 5.91 Å². The first-order valence-corrected chi connectivity index (χ1v) is 7.07. The Morgan fingerprint density at radius 1 is 1.25 bits per heavy atom. The van der Waals surface area contributed by atoms with E-state index in [4.69, 9.17) is 5.11 Å². The zero-order valence-corrected chi connectivity index (χ0v) is 12.1. The quantitative estimate of drug-likeness (QED) is 0.904. The lowest BCUT2D eigenvalue weighted by Gasteiger charge is -2.08. The fourth-order valence-corrected chi connectivity index (χ4v) is 2.89. The lowest BCUT2D eigenvalue weighted by molar-refractivity contribution is 0.0698. The van der Waals surface area contributed by atoms with Gasteiger partial charge in [0.05, 0.1) is 5.56 Å². The van der Waals surface area contributed by atoms with Crippen molar-refractivity contribution in [3.05, 3.63) is 51.9 Å². The highest BCUT2D eigenvalue weighted by molar-refractivity contribution is 7.16. The summed E-state index contributed by atoms with van der Waals surface area (Å²) in [6, 6.07) is 8.88. The van der Waals surface area contributed by atoms with Crippen LogP contribution in [0.25, 0.3) is 0 Å². The van der Waals surface area contributed by atoms with E-state index in [1.165, 1.54) is 11.3 Å². The molecule has 2 N–H and O–H groups in total. The van der Waals surface area contributed by atoms with Gasteiger partial charge in [-0.2, -0.15) is 0 Å². The number of rotatable bonds is 4. The lowest BCUT2D eigenvalue weighted by Crippen LogP contribution is -2.15. The van der Waals surface area contributed by atoms with Crippen molar-refractivity contribution in [1.82, 2.24) is 0 Å². The number of thiophene rings is 1. The average Bonchev–Trinajstić information content (AvgIpc) is 2.79. The molecule has 0 radical (unpaired) electrons. The number of benzene rings is 1. The molecule has 5 heteroatoms. The summed E-state index contributed by atoms with van der Waals surface area (Å²) < 4.78 is 0. The van der Waals surface area contributed by atoms with Crippen LogP contribution in [0.3, 0.4) is 0 Å². The number of aromatic carboxylic acids is 1. The molecule has 20 heavy (non-hydrogen) atoms. The molecule has 0 aliphatic heterocycles. The minimum absolute atomic E-state index is 0.134. The number of carboxylic acid groups (broad SMARTS) is 1. The topological polar surface area (TPSA) is 66.4 Å². The van der Waals surface area contributed by atoms with E-state index in [2.05, 4.69) is 5.32 Å². The fourth-order valence-electron chi connectivity index (χ4n) is 1.99. The molecule has 2 rings (SSSR count). The van der Waals surface area contributed by atoms with Crippen LogP contribution in [0.5, 0.6) is 0 Å². The third kappa shape index (κ3) is 2.88. The van der Waals surface area contributed by atoms with Gasteiger partial charge >= 0.3 is 5.97 Å². The predicted octanol–water partition coefficient (Wildman–Crippen LogP) is 3.57. The molecule has 1 aromatic carbocycles. The third-order valence-corrected chi connectivity index (χ3v) is 3.92. The van der Waals surface area contributed by atoms with E-state index >= 15 is 0 Å². The molecule has 1 amide bonds. The van der Waals surface area contributed by atoms with Crippen LogP contribution in [0, 0.1) is 6.92 Å². The van der Waals surface area contributed by atoms with Gasteiger partial charge in [0.1, 0.15) is 5.00 Å². The number of amides is 1. The average molecular weight is 289 g/mol. The number of hydrogen-bond acceptors (Lipinski definition) is 3. The molecule has 0 atom stereocenters. The highest BCUT2D eigenvalue weighted by atomic mass is 32.1. The molecule has 1 aromatic heterocycles. The van der Waals surface area contributed by atoms with Crippen molar-refractivity contribution in [3.8, 4) is 0 Å². The van der Waals surface area contributed by atoms with Crippen LogP contribution < -0.4 is 5.32 Å². The molecular formula is C15H15NO3S. The Morgan fingerprint density at radius 2 is 1.95 bits per heavy atom. The minimum Gasteiger partial charge on any atom is -0.478 e. The van der Waals surface area contributed by atoms with Gasteiger partial charge in [-0.05, 0) is 31.0 Å². The van der Waals surface area contributed by atoms with Gasteiger partial charge in [-0.25, -0.2) is 4.79 Å². The van der Waals surface area contributed by atoms with Crippen LogP contribution >= 0.6 is 11.3 Å². The van der Waals surface area contributed by atoms with Crippen molar-refractivity contribution < 1.29 is 14.7 Å². The molecule has 104 valence electrons. The van der Waals surface area contributed by atoms with Crippen molar-refractivity contribution in [2.24, 2.45) is 0 Å². The normalized spacial score (nSPS) is 10.3. The number of nitrogens with one attached hydrogen (secondary N) is 1. The molecule has 0 unspecified atom stereocenters. The van der Waals surface area contributed by atoms with E-state index in [0.717, 1.165) is 16.9 Å². The summed E-state index contributed by atoms with van der Waals surface area (Å²) in [7, 11) is 0. The number of carbonyl (C=O) groups is 2. The molecule has 4 nitrogen and oxygen atoms in total. The Balaban J connectivity index is 2.30. The zero-order chi connectivity index (χ0) is 14.7.